The summed E-state index contributed by atoms with van der Waals surface area (Å²) in [6.07, 6.45) is -1.18. The zero-order chi connectivity index (χ0) is 17.0. The highest BCUT2D eigenvalue weighted by molar-refractivity contribution is 5.94. The molecule has 0 bridgehead atoms. The normalized spacial score (nSPS) is 18.3. The highest BCUT2D eigenvalue weighted by atomic mass is 16.3. The number of aliphatic hydroxyl groups is 1. The predicted molar refractivity (Wildman–Crippen MR) is 87.8 cm³/mol. The number of hydrogen-bond acceptors (Lipinski definition) is 5. The Morgan fingerprint density at radius 1 is 1.17 bits per heavy atom. The Balaban J connectivity index is 1.98. The number of likely N-dealkylation sites (N-methyl/N-ethyl adjacent to an activating group) is 1. The van der Waals surface area contributed by atoms with Crippen molar-refractivity contribution in [1.82, 2.24) is 9.80 Å². The van der Waals surface area contributed by atoms with E-state index in [1.165, 1.54) is 0 Å². The van der Waals surface area contributed by atoms with E-state index in [9.17, 15) is 14.7 Å². The van der Waals surface area contributed by atoms with Gasteiger partial charge in [0.25, 0.3) is 5.91 Å². The van der Waals surface area contributed by atoms with E-state index < -0.39 is 12.1 Å². The van der Waals surface area contributed by atoms with Gasteiger partial charge >= 0.3 is 0 Å². The summed E-state index contributed by atoms with van der Waals surface area (Å²) in [7, 11) is 2.01. The molecule has 0 spiro atoms. The van der Waals surface area contributed by atoms with Gasteiger partial charge in [-0.15, -0.1) is 0 Å². The molecule has 0 aromatic heterocycles. The average Bonchev–Trinajstić information content (AvgIpc) is 2.55. The van der Waals surface area contributed by atoms with Gasteiger partial charge in [0.1, 0.15) is 0 Å². The number of anilines is 1. The van der Waals surface area contributed by atoms with E-state index in [1.807, 2.05) is 7.05 Å². The van der Waals surface area contributed by atoms with Crippen molar-refractivity contribution in [3.8, 4) is 0 Å². The number of piperazine rings is 1. The number of carbonyl (C=O) groups excluding carboxylic acids is 2. The van der Waals surface area contributed by atoms with E-state index in [4.69, 9.17) is 5.73 Å². The quantitative estimate of drug-likeness (QED) is 0.712. The van der Waals surface area contributed by atoms with E-state index in [0.717, 1.165) is 13.1 Å². The summed E-state index contributed by atoms with van der Waals surface area (Å²) in [5, 5.41) is 12.9. The Bertz CT molecular complexity index is 551. The molecule has 1 unspecified atom stereocenters. The third-order valence-electron chi connectivity index (χ3n) is 3.96. The van der Waals surface area contributed by atoms with Crippen molar-refractivity contribution in [2.24, 2.45) is 5.73 Å². The summed E-state index contributed by atoms with van der Waals surface area (Å²) in [6, 6.07) is 5.97. The molecular weight excluding hydrogens is 296 g/mol. The summed E-state index contributed by atoms with van der Waals surface area (Å²) in [6.45, 7) is 4.45. The van der Waals surface area contributed by atoms with Crippen LogP contribution in [-0.2, 0) is 9.59 Å². The number of hydrogen-bond donors (Lipinski definition) is 3. The lowest BCUT2D eigenvalue weighted by Gasteiger charge is -2.33. The van der Waals surface area contributed by atoms with Gasteiger partial charge in [0.15, 0.2) is 6.10 Å². The minimum absolute atomic E-state index is 0.285. The fraction of sp³-hybridized carbons (Fsp3) is 0.500. The molecule has 1 heterocycles. The van der Waals surface area contributed by atoms with Crippen LogP contribution in [0.15, 0.2) is 24.3 Å². The maximum atomic E-state index is 12.3. The van der Waals surface area contributed by atoms with Crippen LogP contribution in [0.5, 0.6) is 0 Å². The molecule has 1 aliphatic heterocycles. The molecule has 1 saturated heterocycles. The summed E-state index contributed by atoms with van der Waals surface area (Å²) in [5.41, 5.74) is 6.57. The zero-order valence-electron chi connectivity index (χ0n) is 13.5. The van der Waals surface area contributed by atoms with Gasteiger partial charge < -0.3 is 26.0 Å². The highest BCUT2D eigenvalue weighted by Gasteiger charge is 2.26. The van der Waals surface area contributed by atoms with Gasteiger partial charge in [0.2, 0.25) is 5.91 Å². The van der Waals surface area contributed by atoms with Crippen molar-refractivity contribution >= 4 is 17.5 Å². The number of nitrogens with zero attached hydrogens (tertiary/aromatic N) is 2. The molecule has 2 rings (SSSR count). The van der Waals surface area contributed by atoms with Crippen LogP contribution < -0.4 is 11.1 Å². The number of carbonyl (C=O) groups is 2. The van der Waals surface area contributed by atoms with Gasteiger partial charge in [-0.05, 0) is 31.7 Å². The molecule has 2 amide bonds. The SMILES string of the molecule is C[C@H](N)C(=O)Nc1ccc(C(O)C(=O)N2CCN(C)CC2)cc1. The number of rotatable bonds is 4. The largest absolute Gasteiger partial charge is 0.378 e. The number of benzene rings is 1. The van der Waals surface area contributed by atoms with Gasteiger partial charge in [0, 0.05) is 31.9 Å². The Hall–Kier alpha value is -1.96. The van der Waals surface area contributed by atoms with Gasteiger partial charge in [0.05, 0.1) is 6.04 Å². The van der Waals surface area contributed by atoms with Crippen LogP contribution in [0, 0.1) is 0 Å². The molecule has 1 aromatic carbocycles. The second-order valence-electron chi connectivity index (χ2n) is 5.93. The van der Waals surface area contributed by atoms with Crippen LogP contribution in [0.3, 0.4) is 0 Å². The maximum Gasteiger partial charge on any atom is 0.256 e. The summed E-state index contributed by atoms with van der Waals surface area (Å²) < 4.78 is 0. The molecule has 1 fully saturated rings. The van der Waals surface area contributed by atoms with Crippen molar-refractivity contribution in [2.45, 2.75) is 19.1 Å². The van der Waals surface area contributed by atoms with E-state index in [2.05, 4.69) is 10.2 Å². The van der Waals surface area contributed by atoms with Crippen molar-refractivity contribution in [3.05, 3.63) is 29.8 Å². The maximum absolute atomic E-state index is 12.3. The van der Waals surface area contributed by atoms with Gasteiger partial charge in [-0.25, -0.2) is 0 Å². The molecular formula is C16H24N4O3. The van der Waals surface area contributed by atoms with Gasteiger partial charge in [-0.2, -0.15) is 0 Å². The van der Waals surface area contributed by atoms with Crippen molar-refractivity contribution in [3.63, 3.8) is 0 Å². The molecule has 126 valence electrons. The summed E-state index contributed by atoms with van der Waals surface area (Å²) in [4.78, 5) is 27.7. The third kappa shape index (κ3) is 4.51. The van der Waals surface area contributed by atoms with E-state index in [1.54, 1.807) is 36.1 Å². The highest BCUT2D eigenvalue weighted by Crippen LogP contribution is 2.19. The fourth-order valence-corrected chi connectivity index (χ4v) is 2.35. The Morgan fingerprint density at radius 2 is 1.74 bits per heavy atom. The monoisotopic (exact) mass is 320 g/mol. The van der Waals surface area contributed by atoms with Gasteiger partial charge in [-0.3, -0.25) is 9.59 Å². The van der Waals surface area contributed by atoms with Crippen LogP contribution >= 0.6 is 0 Å². The summed E-state index contributed by atoms with van der Waals surface area (Å²) >= 11 is 0. The van der Waals surface area contributed by atoms with Crippen molar-refractivity contribution in [2.75, 3.05) is 38.5 Å². The molecule has 1 aromatic rings. The summed E-state index contributed by atoms with van der Waals surface area (Å²) in [5.74, 6) is -0.572. The van der Waals surface area contributed by atoms with E-state index in [-0.39, 0.29) is 11.8 Å². The molecule has 23 heavy (non-hydrogen) atoms. The first-order valence-electron chi connectivity index (χ1n) is 7.70. The number of nitrogens with one attached hydrogen (secondary N) is 1. The standard InChI is InChI=1S/C16H24N4O3/c1-11(17)15(22)18-13-5-3-12(4-6-13)14(21)16(23)20-9-7-19(2)8-10-20/h3-6,11,14,21H,7-10,17H2,1-2H3,(H,18,22)/t11-,14?/m0/s1. The number of amides is 2. The molecule has 0 radical (unpaired) electrons. The first-order chi connectivity index (χ1) is 10.9. The average molecular weight is 320 g/mol. The minimum Gasteiger partial charge on any atom is -0.378 e. The molecule has 2 atom stereocenters. The fourth-order valence-electron chi connectivity index (χ4n) is 2.35. The topological polar surface area (TPSA) is 98.9 Å². The second kappa shape index (κ2) is 7.54. The van der Waals surface area contributed by atoms with Crippen molar-refractivity contribution < 1.29 is 14.7 Å². The Kier molecular flexibility index (Phi) is 5.70. The first-order valence-corrected chi connectivity index (χ1v) is 7.70. The lowest BCUT2D eigenvalue weighted by atomic mass is 10.1. The molecule has 0 saturated carbocycles. The molecule has 4 N–H and O–H groups in total. The first kappa shape index (κ1) is 17.4. The molecule has 0 aliphatic carbocycles. The van der Waals surface area contributed by atoms with E-state index >= 15 is 0 Å². The van der Waals surface area contributed by atoms with E-state index in [0.29, 0.717) is 24.3 Å². The Morgan fingerprint density at radius 3 is 2.26 bits per heavy atom. The van der Waals surface area contributed by atoms with Crippen LogP contribution in [0.2, 0.25) is 0 Å². The third-order valence-corrected chi connectivity index (χ3v) is 3.96. The predicted octanol–water partition coefficient (Wildman–Crippen LogP) is -0.220. The van der Waals surface area contributed by atoms with Crippen LogP contribution in [-0.4, -0.2) is 66.0 Å². The number of nitrogens with two attached hydrogens (primary N) is 1. The molecule has 7 nitrogen and oxygen atoms in total. The van der Waals surface area contributed by atoms with Gasteiger partial charge in [-0.1, -0.05) is 12.1 Å². The lowest BCUT2D eigenvalue weighted by Crippen LogP contribution is -2.48. The molecule has 7 heteroatoms. The zero-order valence-corrected chi connectivity index (χ0v) is 13.5. The lowest BCUT2D eigenvalue weighted by molar-refractivity contribution is -0.142. The Labute approximate surface area is 136 Å². The second-order valence-corrected chi connectivity index (χ2v) is 5.93. The van der Waals surface area contributed by atoms with Crippen LogP contribution in [0.1, 0.15) is 18.6 Å². The number of aliphatic hydroxyl groups excluding tert-OH is 1. The minimum atomic E-state index is -1.18. The van der Waals surface area contributed by atoms with Crippen LogP contribution in [0.25, 0.3) is 0 Å². The molecule has 1 aliphatic rings. The van der Waals surface area contributed by atoms with Crippen LogP contribution in [0.4, 0.5) is 5.69 Å². The van der Waals surface area contributed by atoms with Crippen molar-refractivity contribution in [1.29, 1.82) is 0 Å². The smallest absolute Gasteiger partial charge is 0.256 e.